The van der Waals surface area contributed by atoms with E-state index in [0.29, 0.717) is 12.2 Å². The van der Waals surface area contributed by atoms with E-state index < -0.39 is 0 Å². The molecule has 1 aliphatic carbocycles. The maximum atomic E-state index is 11.9. The second kappa shape index (κ2) is 6.03. The molecule has 2 nitrogen and oxygen atoms in total. The Morgan fingerprint density at radius 2 is 1.72 bits per heavy atom. The number of ketones is 1. The standard InChI is InChI=1S/C14H18O2.C2H6/c1-5-10-8(2)13-11(6-7-12(13)15)9(3)14(10)16-4;1-2/h5-7H2,1-4H3;1-2H3. The van der Waals surface area contributed by atoms with E-state index in [2.05, 4.69) is 13.8 Å². The summed E-state index contributed by atoms with van der Waals surface area (Å²) in [6.07, 6.45) is 2.45. The molecule has 0 spiro atoms. The number of fused-ring (bicyclic) bond motifs is 1. The average Bonchev–Trinajstić information content (AvgIpc) is 2.78. The third kappa shape index (κ3) is 2.16. The molecule has 0 saturated heterocycles. The molecule has 0 N–H and O–H groups in total. The fourth-order valence-corrected chi connectivity index (χ4v) is 2.85. The second-order valence-corrected chi connectivity index (χ2v) is 4.39. The average molecular weight is 248 g/mol. The summed E-state index contributed by atoms with van der Waals surface area (Å²) in [5, 5.41) is 0. The number of hydrogen-bond acceptors (Lipinski definition) is 2. The molecule has 0 amide bonds. The molecule has 2 heteroatoms. The van der Waals surface area contributed by atoms with Gasteiger partial charge in [0, 0.05) is 12.0 Å². The molecule has 1 aromatic rings. The topological polar surface area (TPSA) is 26.3 Å². The first-order valence-electron chi connectivity index (χ1n) is 6.83. The van der Waals surface area contributed by atoms with Crippen LogP contribution >= 0.6 is 0 Å². The number of ether oxygens (including phenoxy) is 1. The zero-order chi connectivity index (χ0) is 13.9. The SMILES string of the molecule is CC.CCc1c(C)c2c(c(C)c1OC)CCC2=O. The highest BCUT2D eigenvalue weighted by atomic mass is 16.5. The van der Waals surface area contributed by atoms with E-state index in [1.165, 1.54) is 11.1 Å². The van der Waals surface area contributed by atoms with E-state index in [9.17, 15) is 4.79 Å². The summed E-state index contributed by atoms with van der Waals surface area (Å²) in [4.78, 5) is 11.9. The predicted octanol–water partition coefficient (Wildman–Crippen LogP) is 4.03. The maximum Gasteiger partial charge on any atom is 0.163 e. The largest absolute Gasteiger partial charge is 0.496 e. The van der Waals surface area contributed by atoms with Gasteiger partial charge in [-0.3, -0.25) is 4.79 Å². The van der Waals surface area contributed by atoms with Gasteiger partial charge in [-0.15, -0.1) is 0 Å². The first-order valence-corrected chi connectivity index (χ1v) is 6.83. The Balaban J connectivity index is 0.000000771. The predicted molar refractivity (Wildman–Crippen MR) is 75.8 cm³/mol. The van der Waals surface area contributed by atoms with Crippen LogP contribution < -0.4 is 4.74 Å². The Bertz CT molecular complexity index is 459. The van der Waals surface area contributed by atoms with Crippen LogP contribution in [0, 0.1) is 13.8 Å². The van der Waals surface area contributed by atoms with Crippen LogP contribution in [0.15, 0.2) is 0 Å². The molecule has 0 saturated carbocycles. The number of carbonyl (C=O) groups excluding carboxylic acids is 1. The van der Waals surface area contributed by atoms with Crippen molar-refractivity contribution in [3.05, 3.63) is 27.8 Å². The lowest BCUT2D eigenvalue weighted by Gasteiger charge is -2.17. The Kier molecular flexibility index (Phi) is 4.94. The monoisotopic (exact) mass is 248 g/mol. The van der Waals surface area contributed by atoms with Crippen LogP contribution in [0.25, 0.3) is 0 Å². The number of carbonyl (C=O) groups is 1. The Labute approximate surface area is 110 Å². The van der Waals surface area contributed by atoms with Gasteiger partial charge in [0.05, 0.1) is 7.11 Å². The quantitative estimate of drug-likeness (QED) is 0.790. The normalized spacial score (nSPS) is 12.9. The smallest absolute Gasteiger partial charge is 0.163 e. The van der Waals surface area contributed by atoms with Gasteiger partial charge in [0.2, 0.25) is 0 Å². The minimum atomic E-state index is 0.299. The fraction of sp³-hybridized carbons (Fsp3) is 0.562. The van der Waals surface area contributed by atoms with Crippen molar-refractivity contribution in [3.8, 4) is 5.75 Å². The molecule has 1 aliphatic rings. The third-order valence-corrected chi connectivity index (χ3v) is 3.64. The van der Waals surface area contributed by atoms with Gasteiger partial charge in [-0.2, -0.15) is 0 Å². The molecule has 0 bridgehead atoms. The van der Waals surface area contributed by atoms with Crippen molar-refractivity contribution in [1.82, 2.24) is 0 Å². The Hall–Kier alpha value is -1.31. The lowest BCUT2D eigenvalue weighted by molar-refractivity contribution is 0.0994. The summed E-state index contributed by atoms with van der Waals surface area (Å²) in [7, 11) is 1.71. The molecule has 18 heavy (non-hydrogen) atoms. The van der Waals surface area contributed by atoms with E-state index in [0.717, 1.165) is 35.3 Å². The van der Waals surface area contributed by atoms with E-state index in [1.54, 1.807) is 7.11 Å². The molecule has 1 aromatic carbocycles. The van der Waals surface area contributed by atoms with Crippen molar-refractivity contribution in [3.63, 3.8) is 0 Å². The molecule has 2 rings (SSSR count). The molecule has 0 heterocycles. The molecule has 0 aromatic heterocycles. The van der Waals surface area contributed by atoms with Gasteiger partial charge in [0.25, 0.3) is 0 Å². The molecule has 0 atom stereocenters. The Morgan fingerprint density at radius 3 is 2.22 bits per heavy atom. The van der Waals surface area contributed by atoms with Crippen LogP contribution in [0.3, 0.4) is 0 Å². The van der Waals surface area contributed by atoms with E-state index >= 15 is 0 Å². The van der Waals surface area contributed by atoms with E-state index in [4.69, 9.17) is 4.74 Å². The summed E-state index contributed by atoms with van der Waals surface area (Å²) < 4.78 is 5.50. The van der Waals surface area contributed by atoms with Gasteiger partial charge in [-0.1, -0.05) is 20.8 Å². The minimum absolute atomic E-state index is 0.299. The number of rotatable bonds is 2. The maximum absolute atomic E-state index is 11.9. The molecule has 0 aliphatic heterocycles. The molecule has 0 fully saturated rings. The highest BCUT2D eigenvalue weighted by molar-refractivity contribution is 6.02. The van der Waals surface area contributed by atoms with Crippen LogP contribution in [0.1, 0.15) is 59.8 Å². The van der Waals surface area contributed by atoms with Crippen molar-refractivity contribution in [1.29, 1.82) is 0 Å². The van der Waals surface area contributed by atoms with Crippen LogP contribution in [0.2, 0.25) is 0 Å². The molecular weight excluding hydrogens is 224 g/mol. The van der Waals surface area contributed by atoms with Gasteiger partial charge in [-0.25, -0.2) is 0 Å². The summed E-state index contributed by atoms with van der Waals surface area (Å²) >= 11 is 0. The first kappa shape index (κ1) is 14.7. The summed E-state index contributed by atoms with van der Waals surface area (Å²) in [5.74, 6) is 1.28. The van der Waals surface area contributed by atoms with Crippen molar-refractivity contribution in [2.75, 3.05) is 7.11 Å². The van der Waals surface area contributed by atoms with Crippen molar-refractivity contribution < 1.29 is 9.53 Å². The van der Waals surface area contributed by atoms with Crippen LogP contribution in [-0.4, -0.2) is 12.9 Å². The number of methoxy groups -OCH3 is 1. The summed E-state index contributed by atoms with van der Waals surface area (Å²) in [6.45, 7) is 10.2. The first-order chi connectivity index (χ1) is 8.61. The summed E-state index contributed by atoms with van der Waals surface area (Å²) in [5.41, 5.74) is 5.65. The molecule has 0 radical (unpaired) electrons. The van der Waals surface area contributed by atoms with E-state index in [-0.39, 0.29) is 0 Å². The van der Waals surface area contributed by atoms with Crippen molar-refractivity contribution >= 4 is 5.78 Å². The Morgan fingerprint density at radius 1 is 1.11 bits per heavy atom. The van der Waals surface area contributed by atoms with E-state index in [1.807, 2.05) is 20.8 Å². The fourth-order valence-electron chi connectivity index (χ4n) is 2.85. The number of hydrogen-bond donors (Lipinski definition) is 0. The van der Waals surface area contributed by atoms with Crippen LogP contribution in [0.4, 0.5) is 0 Å². The van der Waals surface area contributed by atoms with Gasteiger partial charge in [-0.05, 0) is 48.9 Å². The van der Waals surface area contributed by atoms with Crippen molar-refractivity contribution in [2.45, 2.75) is 53.9 Å². The molecular formula is C16H24O2. The lowest BCUT2D eigenvalue weighted by atomic mass is 9.92. The van der Waals surface area contributed by atoms with Crippen molar-refractivity contribution in [2.24, 2.45) is 0 Å². The lowest BCUT2D eigenvalue weighted by Crippen LogP contribution is -2.05. The van der Waals surface area contributed by atoms with Gasteiger partial charge < -0.3 is 4.74 Å². The van der Waals surface area contributed by atoms with Crippen LogP contribution in [0.5, 0.6) is 5.75 Å². The summed E-state index contributed by atoms with van der Waals surface area (Å²) in [6, 6.07) is 0. The second-order valence-electron chi connectivity index (χ2n) is 4.39. The zero-order valence-electron chi connectivity index (χ0n) is 12.4. The van der Waals surface area contributed by atoms with Gasteiger partial charge in [0.1, 0.15) is 5.75 Å². The highest BCUT2D eigenvalue weighted by Gasteiger charge is 2.27. The third-order valence-electron chi connectivity index (χ3n) is 3.64. The molecule has 0 unspecified atom stereocenters. The van der Waals surface area contributed by atoms with Gasteiger partial charge in [0.15, 0.2) is 5.78 Å². The minimum Gasteiger partial charge on any atom is -0.496 e. The molecule has 100 valence electrons. The van der Waals surface area contributed by atoms with Crippen LogP contribution in [-0.2, 0) is 12.8 Å². The van der Waals surface area contributed by atoms with Gasteiger partial charge >= 0.3 is 0 Å². The highest BCUT2D eigenvalue weighted by Crippen LogP contribution is 2.38. The number of Topliss-reactive ketones (excluding diaryl/α,β-unsaturated/α-hetero) is 1. The number of benzene rings is 1. The zero-order valence-corrected chi connectivity index (χ0v) is 12.4.